The number of fused-ring (bicyclic) bond motifs is 1. The van der Waals surface area contributed by atoms with Crippen molar-refractivity contribution in [2.45, 2.75) is 25.5 Å². The molecule has 1 aliphatic carbocycles. The highest BCUT2D eigenvalue weighted by molar-refractivity contribution is 5.54. The van der Waals surface area contributed by atoms with Crippen molar-refractivity contribution >= 4 is 0 Å². The van der Waals surface area contributed by atoms with E-state index in [0.29, 0.717) is 24.9 Å². The maximum Gasteiger partial charge on any atom is 0.203 e. The minimum Gasteiger partial charge on any atom is -0.493 e. The topological polar surface area (TPSA) is 60.0 Å². The zero-order valence-corrected chi connectivity index (χ0v) is 11.7. The Morgan fingerprint density at radius 3 is 2.85 bits per heavy atom. The van der Waals surface area contributed by atoms with Crippen LogP contribution < -0.4 is 19.5 Å². The second-order valence-electron chi connectivity index (χ2n) is 5.44. The van der Waals surface area contributed by atoms with Gasteiger partial charge in [0.25, 0.3) is 0 Å². The number of rotatable bonds is 5. The van der Waals surface area contributed by atoms with Gasteiger partial charge < -0.3 is 24.6 Å². The molecule has 1 heterocycles. The predicted octanol–water partition coefficient (Wildman–Crippen LogP) is 1.33. The largest absolute Gasteiger partial charge is 0.493 e. The van der Waals surface area contributed by atoms with Gasteiger partial charge in [0.05, 0.1) is 13.2 Å². The third-order valence-corrected chi connectivity index (χ3v) is 3.86. The van der Waals surface area contributed by atoms with E-state index in [0.717, 1.165) is 43.0 Å². The number of hydrogen-bond donors (Lipinski definition) is 2. The first-order valence-electron chi connectivity index (χ1n) is 7.11. The Balaban J connectivity index is 1.61. The van der Waals surface area contributed by atoms with Gasteiger partial charge in [0.2, 0.25) is 5.75 Å². The molecule has 0 amide bonds. The SMILES string of the molecule is COc1cc(CNCC2CC(O)C2)cc2c1OCCO2. The van der Waals surface area contributed by atoms with Gasteiger partial charge in [-0.15, -0.1) is 0 Å². The lowest BCUT2D eigenvalue weighted by atomic mass is 9.82. The number of ether oxygens (including phenoxy) is 3. The van der Waals surface area contributed by atoms with E-state index in [4.69, 9.17) is 14.2 Å². The maximum absolute atomic E-state index is 9.26. The quantitative estimate of drug-likeness (QED) is 0.851. The van der Waals surface area contributed by atoms with Crippen LogP contribution in [0.4, 0.5) is 0 Å². The van der Waals surface area contributed by atoms with Gasteiger partial charge in [0.15, 0.2) is 11.5 Å². The van der Waals surface area contributed by atoms with Crippen molar-refractivity contribution in [2.24, 2.45) is 5.92 Å². The van der Waals surface area contributed by atoms with Crippen molar-refractivity contribution in [3.63, 3.8) is 0 Å². The van der Waals surface area contributed by atoms with Crippen LogP contribution in [0.1, 0.15) is 18.4 Å². The fourth-order valence-electron chi connectivity index (χ4n) is 2.72. The van der Waals surface area contributed by atoms with E-state index in [9.17, 15) is 5.11 Å². The second-order valence-corrected chi connectivity index (χ2v) is 5.44. The van der Waals surface area contributed by atoms with Crippen LogP contribution in [0.3, 0.4) is 0 Å². The third-order valence-electron chi connectivity index (χ3n) is 3.86. The number of hydrogen-bond acceptors (Lipinski definition) is 5. The number of aliphatic hydroxyl groups excluding tert-OH is 1. The number of nitrogens with one attached hydrogen (secondary N) is 1. The van der Waals surface area contributed by atoms with Crippen LogP contribution in [0.25, 0.3) is 0 Å². The van der Waals surface area contributed by atoms with Crippen molar-refractivity contribution in [1.29, 1.82) is 0 Å². The molecule has 0 atom stereocenters. The normalized spacial score (nSPS) is 24.1. The van der Waals surface area contributed by atoms with E-state index in [1.807, 2.05) is 12.1 Å². The van der Waals surface area contributed by atoms with Crippen molar-refractivity contribution in [3.8, 4) is 17.2 Å². The number of benzene rings is 1. The summed E-state index contributed by atoms with van der Waals surface area (Å²) in [5.41, 5.74) is 1.12. The molecule has 0 bridgehead atoms. The molecule has 0 saturated heterocycles. The average Bonchev–Trinajstić information content (AvgIpc) is 2.44. The molecule has 1 aliphatic heterocycles. The molecule has 1 aromatic carbocycles. The molecule has 2 N–H and O–H groups in total. The molecule has 110 valence electrons. The van der Waals surface area contributed by atoms with Crippen molar-refractivity contribution < 1.29 is 19.3 Å². The van der Waals surface area contributed by atoms with E-state index >= 15 is 0 Å². The van der Waals surface area contributed by atoms with Gasteiger partial charge in [0, 0.05) is 6.54 Å². The molecule has 1 aromatic rings. The van der Waals surface area contributed by atoms with Crippen LogP contribution >= 0.6 is 0 Å². The van der Waals surface area contributed by atoms with Gasteiger partial charge in [0.1, 0.15) is 13.2 Å². The van der Waals surface area contributed by atoms with Gasteiger partial charge in [-0.25, -0.2) is 0 Å². The minimum absolute atomic E-state index is 0.0869. The monoisotopic (exact) mass is 279 g/mol. The summed E-state index contributed by atoms with van der Waals surface area (Å²) in [7, 11) is 1.64. The standard InChI is InChI=1S/C15H21NO4/c1-18-13-6-11(7-14-15(13)20-3-2-19-14)9-16-8-10-4-12(17)5-10/h6-7,10,12,16-17H,2-5,8-9H2,1H3. The first kappa shape index (κ1) is 13.5. The van der Waals surface area contributed by atoms with E-state index in [-0.39, 0.29) is 6.10 Å². The number of methoxy groups -OCH3 is 1. The summed E-state index contributed by atoms with van der Waals surface area (Å²) in [6.07, 6.45) is 1.74. The van der Waals surface area contributed by atoms with Crippen LogP contribution in [0, 0.1) is 5.92 Å². The van der Waals surface area contributed by atoms with Crippen molar-refractivity contribution in [2.75, 3.05) is 26.9 Å². The molecular weight excluding hydrogens is 258 g/mol. The lowest BCUT2D eigenvalue weighted by molar-refractivity contribution is 0.0429. The summed E-state index contributed by atoms with van der Waals surface area (Å²) in [4.78, 5) is 0. The lowest BCUT2D eigenvalue weighted by Gasteiger charge is -2.31. The van der Waals surface area contributed by atoms with Crippen LogP contribution in [-0.4, -0.2) is 38.1 Å². The Kier molecular flexibility index (Phi) is 3.98. The third kappa shape index (κ3) is 2.83. The number of aliphatic hydroxyl groups is 1. The lowest BCUT2D eigenvalue weighted by Crippen LogP contribution is -2.35. The Bertz CT molecular complexity index is 454. The molecule has 0 radical (unpaired) electrons. The predicted molar refractivity (Wildman–Crippen MR) is 74.4 cm³/mol. The molecule has 1 fully saturated rings. The molecule has 0 aromatic heterocycles. The summed E-state index contributed by atoms with van der Waals surface area (Å²) in [6, 6.07) is 3.98. The summed E-state index contributed by atoms with van der Waals surface area (Å²) in [5.74, 6) is 2.78. The molecule has 3 rings (SSSR count). The Morgan fingerprint density at radius 1 is 1.30 bits per heavy atom. The van der Waals surface area contributed by atoms with Gasteiger partial charge in [-0.2, -0.15) is 0 Å². The molecule has 20 heavy (non-hydrogen) atoms. The smallest absolute Gasteiger partial charge is 0.203 e. The molecule has 0 spiro atoms. The Morgan fingerprint density at radius 2 is 2.10 bits per heavy atom. The van der Waals surface area contributed by atoms with Gasteiger partial charge in [-0.3, -0.25) is 0 Å². The molecule has 0 unspecified atom stereocenters. The fraction of sp³-hybridized carbons (Fsp3) is 0.600. The molecule has 5 heteroatoms. The average molecular weight is 279 g/mol. The summed E-state index contributed by atoms with van der Waals surface area (Å²) < 4.78 is 16.6. The van der Waals surface area contributed by atoms with Crippen LogP contribution in [0.2, 0.25) is 0 Å². The van der Waals surface area contributed by atoms with Crippen LogP contribution in [-0.2, 0) is 6.54 Å². The highest BCUT2D eigenvalue weighted by Gasteiger charge is 2.26. The highest BCUT2D eigenvalue weighted by atomic mass is 16.6. The van der Waals surface area contributed by atoms with E-state index in [1.54, 1.807) is 7.11 Å². The Labute approximate surface area is 118 Å². The van der Waals surface area contributed by atoms with Gasteiger partial charge in [-0.1, -0.05) is 0 Å². The van der Waals surface area contributed by atoms with Crippen LogP contribution in [0.15, 0.2) is 12.1 Å². The fourth-order valence-corrected chi connectivity index (χ4v) is 2.72. The first-order chi connectivity index (χ1) is 9.76. The van der Waals surface area contributed by atoms with E-state index < -0.39 is 0 Å². The molecule has 1 saturated carbocycles. The summed E-state index contributed by atoms with van der Waals surface area (Å²) >= 11 is 0. The zero-order valence-electron chi connectivity index (χ0n) is 11.7. The first-order valence-corrected chi connectivity index (χ1v) is 7.11. The van der Waals surface area contributed by atoms with E-state index in [2.05, 4.69) is 5.32 Å². The molecule has 2 aliphatic rings. The second kappa shape index (κ2) is 5.89. The maximum atomic E-state index is 9.26. The van der Waals surface area contributed by atoms with Gasteiger partial charge in [-0.05, 0) is 43.0 Å². The van der Waals surface area contributed by atoms with E-state index in [1.165, 1.54) is 0 Å². The zero-order chi connectivity index (χ0) is 13.9. The molecule has 5 nitrogen and oxygen atoms in total. The van der Waals surface area contributed by atoms with Gasteiger partial charge >= 0.3 is 0 Å². The molecular formula is C15H21NO4. The minimum atomic E-state index is -0.0869. The van der Waals surface area contributed by atoms with Crippen LogP contribution in [0.5, 0.6) is 17.2 Å². The van der Waals surface area contributed by atoms with Crippen molar-refractivity contribution in [3.05, 3.63) is 17.7 Å². The van der Waals surface area contributed by atoms with Crippen molar-refractivity contribution in [1.82, 2.24) is 5.32 Å². The Hall–Kier alpha value is -1.46. The summed E-state index contributed by atoms with van der Waals surface area (Å²) in [5, 5.41) is 12.7. The highest BCUT2D eigenvalue weighted by Crippen LogP contribution is 2.40. The summed E-state index contributed by atoms with van der Waals surface area (Å²) in [6.45, 7) is 2.84.